The third-order valence-electron chi connectivity index (χ3n) is 4.15. The molecule has 1 amide bonds. The van der Waals surface area contributed by atoms with Crippen LogP contribution in [0.5, 0.6) is 0 Å². The molecule has 0 aliphatic rings. The van der Waals surface area contributed by atoms with Gasteiger partial charge in [0, 0.05) is 22.3 Å². The Morgan fingerprint density at radius 2 is 1.93 bits per heavy atom. The Labute approximate surface area is 165 Å². The van der Waals surface area contributed by atoms with Crippen LogP contribution < -0.4 is 5.32 Å². The van der Waals surface area contributed by atoms with E-state index in [4.69, 9.17) is 16.1 Å². The molecule has 2 heterocycles. The van der Waals surface area contributed by atoms with Gasteiger partial charge in [0.2, 0.25) is 0 Å². The van der Waals surface area contributed by atoms with Gasteiger partial charge >= 0.3 is 0 Å². The van der Waals surface area contributed by atoms with Gasteiger partial charge in [0.15, 0.2) is 5.82 Å². The van der Waals surface area contributed by atoms with Crippen molar-refractivity contribution < 1.29 is 9.32 Å². The van der Waals surface area contributed by atoms with Crippen LogP contribution in [0.3, 0.4) is 0 Å². The first-order valence-corrected chi connectivity index (χ1v) is 8.89. The number of amides is 1. The Bertz CT molecular complexity index is 1180. The zero-order valence-corrected chi connectivity index (χ0v) is 15.6. The van der Waals surface area contributed by atoms with Gasteiger partial charge in [-0.25, -0.2) is 9.97 Å². The maximum Gasteiger partial charge on any atom is 0.260 e. The van der Waals surface area contributed by atoms with E-state index in [0.29, 0.717) is 27.9 Å². The van der Waals surface area contributed by atoms with E-state index in [0.717, 1.165) is 16.5 Å². The normalized spacial score (nSPS) is 11.2. The third kappa shape index (κ3) is 3.92. The highest BCUT2D eigenvalue weighted by Crippen LogP contribution is 2.19. The summed E-state index contributed by atoms with van der Waals surface area (Å²) in [4.78, 5) is 21.2. The highest BCUT2D eigenvalue weighted by atomic mass is 35.5. The summed E-state index contributed by atoms with van der Waals surface area (Å²) < 4.78 is 4.93. The molecule has 7 heteroatoms. The maximum atomic E-state index is 12.3. The van der Waals surface area contributed by atoms with Gasteiger partial charge in [0.25, 0.3) is 5.91 Å². The van der Waals surface area contributed by atoms with Crippen molar-refractivity contribution in [1.82, 2.24) is 15.1 Å². The molecular formula is C21H15ClN4O2. The van der Waals surface area contributed by atoms with Gasteiger partial charge in [-0.3, -0.25) is 4.79 Å². The summed E-state index contributed by atoms with van der Waals surface area (Å²) in [5, 5.41) is 8.02. The molecule has 0 saturated carbocycles. The number of carbonyl (C=O) groups excluding carboxylic acids is 1. The lowest BCUT2D eigenvalue weighted by Crippen LogP contribution is -2.12. The van der Waals surface area contributed by atoms with Crippen LogP contribution in [-0.4, -0.2) is 21.0 Å². The molecule has 1 N–H and O–H groups in total. The average Bonchev–Trinajstić information content (AvgIpc) is 3.13. The first-order valence-electron chi connectivity index (χ1n) is 8.51. The molecule has 28 heavy (non-hydrogen) atoms. The maximum absolute atomic E-state index is 12.3. The Balaban J connectivity index is 1.57. The first kappa shape index (κ1) is 17.9. The molecule has 2 aromatic heterocycles. The second-order valence-electron chi connectivity index (χ2n) is 6.14. The van der Waals surface area contributed by atoms with Crippen molar-refractivity contribution in [2.45, 2.75) is 6.92 Å². The SMILES string of the molecule is Cc1oncc1C(=O)Nc1ccc2cnc(C=Cc3ccc(Cl)cc3)nc2c1. The average molecular weight is 391 g/mol. The van der Waals surface area contributed by atoms with Crippen molar-refractivity contribution >= 4 is 46.3 Å². The summed E-state index contributed by atoms with van der Waals surface area (Å²) in [5.41, 5.74) is 2.75. The zero-order chi connectivity index (χ0) is 19.5. The monoisotopic (exact) mass is 390 g/mol. The molecule has 0 aliphatic carbocycles. The van der Waals surface area contributed by atoms with Crippen LogP contribution in [0.2, 0.25) is 5.02 Å². The number of hydrogen-bond acceptors (Lipinski definition) is 5. The van der Waals surface area contributed by atoms with Crippen molar-refractivity contribution in [3.63, 3.8) is 0 Å². The summed E-state index contributed by atoms with van der Waals surface area (Å²) >= 11 is 5.90. The number of hydrogen-bond donors (Lipinski definition) is 1. The van der Waals surface area contributed by atoms with E-state index >= 15 is 0 Å². The van der Waals surface area contributed by atoms with Crippen LogP contribution in [0.4, 0.5) is 5.69 Å². The Kier molecular flexibility index (Phi) is 4.87. The van der Waals surface area contributed by atoms with Crippen LogP contribution in [0, 0.1) is 6.92 Å². The van der Waals surface area contributed by atoms with Gasteiger partial charge in [0.05, 0.1) is 11.7 Å². The van der Waals surface area contributed by atoms with Crippen LogP contribution in [0.1, 0.15) is 27.5 Å². The number of benzene rings is 2. The summed E-state index contributed by atoms with van der Waals surface area (Å²) in [6, 6.07) is 13.0. The lowest BCUT2D eigenvalue weighted by molar-refractivity contribution is 0.102. The molecule has 138 valence electrons. The molecule has 0 spiro atoms. The summed E-state index contributed by atoms with van der Waals surface area (Å²) in [6.07, 6.45) is 6.89. The quantitative estimate of drug-likeness (QED) is 0.530. The number of aromatic nitrogens is 3. The van der Waals surface area contributed by atoms with E-state index in [1.165, 1.54) is 6.20 Å². The molecule has 0 radical (unpaired) electrons. The highest BCUT2D eigenvalue weighted by molar-refractivity contribution is 6.30. The van der Waals surface area contributed by atoms with E-state index in [1.54, 1.807) is 25.3 Å². The highest BCUT2D eigenvalue weighted by Gasteiger charge is 2.13. The molecule has 4 rings (SSSR count). The number of aryl methyl sites for hydroxylation is 1. The fourth-order valence-corrected chi connectivity index (χ4v) is 2.78. The molecule has 0 bridgehead atoms. The molecule has 4 aromatic rings. The van der Waals surface area contributed by atoms with E-state index in [1.807, 2.05) is 42.5 Å². The Hall–Kier alpha value is -3.51. The van der Waals surface area contributed by atoms with E-state index < -0.39 is 0 Å². The van der Waals surface area contributed by atoms with E-state index in [-0.39, 0.29) is 5.91 Å². The first-order chi connectivity index (χ1) is 13.6. The number of carbonyl (C=O) groups is 1. The lowest BCUT2D eigenvalue weighted by Gasteiger charge is -2.05. The topological polar surface area (TPSA) is 80.9 Å². The van der Waals surface area contributed by atoms with Gasteiger partial charge in [0.1, 0.15) is 11.3 Å². The van der Waals surface area contributed by atoms with Crippen LogP contribution >= 0.6 is 11.6 Å². The predicted octanol–water partition coefficient (Wildman–Crippen LogP) is 5.00. The molecule has 0 aliphatic heterocycles. The minimum Gasteiger partial charge on any atom is -0.361 e. The van der Waals surface area contributed by atoms with Crippen molar-refractivity contribution in [2.24, 2.45) is 0 Å². The molecule has 0 fully saturated rings. The third-order valence-corrected chi connectivity index (χ3v) is 4.40. The second-order valence-corrected chi connectivity index (χ2v) is 6.57. The Morgan fingerprint density at radius 3 is 2.68 bits per heavy atom. The standard InChI is InChI=1S/C21H15ClN4O2/c1-13-18(12-24-28-13)21(27)25-17-8-5-15-11-23-20(26-19(15)10-17)9-4-14-2-6-16(22)7-3-14/h2-12H,1H3,(H,25,27). The summed E-state index contributed by atoms with van der Waals surface area (Å²) in [5.74, 6) is 0.756. The van der Waals surface area contributed by atoms with E-state index in [9.17, 15) is 4.79 Å². The van der Waals surface area contributed by atoms with Gasteiger partial charge in [-0.2, -0.15) is 0 Å². The van der Waals surface area contributed by atoms with Crippen LogP contribution in [0.15, 0.2) is 59.4 Å². The fourth-order valence-electron chi connectivity index (χ4n) is 2.66. The largest absolute Gasteiger partial charge is 0.361 e. The molecule has 0 saturated heterocycles. The summed E-state index contributed by atoms with van der Waals surface area (Å²) in [7, 11) is 0. The minimum atomic E-state index is -0.282. The van der Waals surface area contributed by atoms with Crippen LogP contribution in [0.25, 0.3) is 23.1 Å². The molecule has 0 unspecified atom stereocenters. The van der Waals surface area contributed by atoms with Crippen molar-refractivity contribution in [1.29, 1.82) is 0 Å². The van der Waals surface area contributed by atoms with Gasteiger partial charge in [-0.05, 0) is 48.9 Å². The predicted molar refractivity (Wildman–Crippen MR) is 109 cm³/mol. The summed E-state index contributed by atoms with van der Waals surface area (Å²) in [6.45, 7) is 1.69. The zero-order valence-electron chi connectivity index (χ0n) is 14.9. The van der Waals surface area contributed by atoms with Gasteiger partial charge in [-0.15, -0.1) is 0 Å². The van der Waals surface area contributed by atoms with Crippen LogP contribution in [-0.2, 0) is 0 Å². The molecular weight excluding hydrogens is 376 g/mol. The van der Waals surface area contributed by atoms with Gasteiger partial charge in [-0.1, -0.05) is 35.0 Å². The number of nitrogens with zero attached hydrogens (tertiary/aromatic N) is 3. The van der Waals surface area contributed by atoms with Crippen molar-refractivity contribution in [3.8, 4) is 0 Å². The lowest BCUT2D eigenvalue weighted by atomic mass is 10.2. The molecule has 6 nitrogen and oxygen atoms in total. The number of fused-ring (bicyclic) bond motifs is 1. The van der Waals surface area contributed by atoms with Gasteiger partial charge < -0.3 is 9.84 Å². The number of halogens is 1. The van der Waals surface area contributed by atoms with Crippen molar-refractivity contribution in [2.75, 3.05) is 5.32 Å². The smallest absolute Gasteiger partial charge is 0.260 e. The molecule has 0 atom stereocenters. The minimum absolute atomic E-state index is 0.282. The number of rotatable bonds is 4. The Morgan fingerprint density at radius 1 is 1.11 bits per heavy atom. The second kappa shape index (κ2) is 7.62. The fraction of sp³-hybridized carbons (Fsp3) is 0.0476. The number of anilines is 1. The number of nitrogens with one attached hydrogen (secondary N) is 1. The molecule has 2 aromatic carbocycles. The van der Waals surface area contributed by atoms with E-state index in [2.05, 4.69) is 20.4 Å². The van der Waals surface area contributed by atoms with Crippen molar-refractivity contribution in [3.05, 3.63) is 82.6 Å².